The van der Waals surface area contributed by atoms with Crippen molar-refractivity contribution < 1.29 is 4.79 Å². The molecule has 1 aliphatic heterocycles. The van der Waals surface area contributed by atoms with Gasteiger partial charge in [0.05, 0.1) is 16.1 Å². The lowest BCUT2D eigenvalue weighted by Crippen LogP contribution is -2.41. The molecule has 0 bridgehead atoms. The molecule has 0 spiro atoms. The Labute approximate surface area is 166 Å². The number of thiazole rings is 1. The standard InChI is InChI=1S/C21H19N5OS/c27-19(15-6-3-12-26(13-15)20-22-10-4-11-23-20)25-21-24-18-16-7-2-1-5-14(16)8-9-17(18)28-21/h1-2,4-5,7-11,15H,3,6,12-13H2,(H,24,25,27). The molecular formula is C21H19N5OS. The molecule has 1 amide bonds. The molecule has 4 aromatic rings. The van der Waals surface area contributed by atoms with Crippen molar-refractivity contribution in [1.82, 2.24) is 15.0 Å². The van der Waals surface area contributed by atoms with Gasteiger partial charge in [0.25, 0.3) is 0 Å². The molecule has 0 aliphatic carbocycles. The zero-order chi connectivity index (χ0) is 18.9. The van der Waals surface area contributed by atoms with Crippen LogP contribution in [0.2, 0.25) is 0 Å². The zero-order valence-electron chi connectivity index (χ0n) is 15.2. The maximum absolute atomic E-state index is 12.9. The van der Waals surface area contributed by atoms with Crippen LogP contribution in [0.25, 0.3) is 21.0 Å². The maximum atomic E-state index is 12.9. The molecule has 28 heavy (non-hydrogen) atoms. The first kappa shape index (κ1) is 17.1. The van der Waals surface area contributed by atoms with E-state index < -0.39 is 0 Å². The molecule has 1 N–H and O–H groups in total. The molecule has 1 unspecified atom stereocenters. The lowest BCUT2D eigenvalue weighted by atomic mass is 9.97. The molecule has 3 heterocycles. The number of aromatic nitrogens is 3. The summed E-state index contributed by atoms with van der Waals surface area (Å²) in [6, 6.07) is 14.2. The Hall–Kier alpha value is -3.06. The Morgan fingerprint density at radius 3 is 2.86 bits per heavy atom. The largest absolute Gasteiger partial charge is 0.340 e. The molecule has 0 radical (unpaired) electrons. The van der Waals surface area contributed by atoms with Gasteiger partial charge >= 0.3 is 0 Å². The van der Waals surface area contributed by atoms with Gasteiger partial charge in [0, 0.05) is 30.9 Å². The minimum Gasteiger partial charge on any atom is -0.340 e. The van der Waals surface area contributed by atoms with Crippen molar-refractivity contribution in [3.05, 3.63) is 54.9 Å². The van der Waals surface area contributed by atoms with Crippen LogP contribution < -0.4 is 10.2 Å². The van der Waals surface area contributed by atoms with Crippen LogP contribution in [0.3, 0.4) is 0 Å². The van der Waals surface area contributed by atoms with Gasteiger partial charge in [0.15, 0.2) is 5.13 Å². The van der Waals surface area contributed by atoms with Crippen LogP contribution in [0.4, 0.5) is 11.1 Å². The number of nitrogens with zero attached hydrogens (tertiary/aromatic N) is 4. The fourth-order valence-electron chi connectivity index (χ4n) is 3.75. The highest BCUT2D eigenvalue weighted by atomic mass is 32.1. The average Bonchev–Trinajstić information content (AvgIpc) is 3.17. The third-order valence-corrected chi connectivity index (χ3v) is 6.08. The predicted molar refractivity (Wildman–Crippen MR) is 113 cm³/mol. The van der Waals surface area contributed by atoms with E-state index in [1.54, 1.807) is 18.5 Å². The van der Waals surface area contributed by atoms with E-state index in [4.69, 9.17) is 4.98 Å². The number of amides is 1. The number of benzene rings is 2. The minimum absolute atomic E-state index is 0.0176. The van der Waals surface area contributed by atoms with Gasteiger partial charge in [-0.25, -0.2) is 15.0 Å². The van der Waals surface area contributed by atoms with Crippen LogP contribution in [0.1, 0.15) is 12.8 Å². The number of carbonyl (C=O) groups excluding carboxylic acids is 1. The van der Waals surface area contributed by atoms with Gasteiger partial charge < -0.3 is 10.2 Å². The molecule has 6 nitrogen and oxygen atoms in total. The highest BCUT2D eigenvalue weighted by molar-refractivity contribution is 7.22. The second-order valence-corrected chi connectivity index (χ2v) is 8.01. The van der Waals surface area contributed by atoms with Crippen molar-refractivity contribution in [2.75, 3.05) is 23.3 Å². The molecule has 7 heteroatoms. The molecule has 1 fully saturated rings. The Bertz CT molecular complexity index is 1140. The van der Waals surface area contributed by atoms with Crippen molar-refractivity contribution in [2.45, 2.75) is 12.8 Å². The first-order valence-electron chi connectivity index (χ1n) is 9.39. The smallest absolute Gasteiger partial charge is 0.231 e. The summed E-state index contributed by atoms with van der Waals surface area (Å²) >= 11 is 1.52. The number of fused-ring (bicyclic) bond motifs is 3. The van der Waals surface area contributed by atoms with Crippen molar-refractivity contribution in [3.63, 3.8) is 0 Å². The summed E-state index contributed by atoms with van der Waals surface area (Å²) in [4.78, 5) is 28.3. The number of hydrogen-bond donors (Lipinski definition) is 1. The fraction of sp³-hybridized carbons (Fsp3) is 0.238. The lowest BCUT2D eigenvalue weighted by molar-refractivity contribution is -0.120. The second kappa shape index (κ2) is 7.16. The van der Waals surface area contributed by atoms with Crippen LogP contribution in [0.15, 0.2) is 54.9 Å². The summed E-state index contributed by atoms with van der Waals surface area (Å²) < 4.78 is 1.08. The van der Waals surface area contributed by atoms with Crippen molar-refractivity contribution in [2.24, 2.45) is 5.92 Å². The average molecular weight is 389 g/mol. The first-order chi connectivity index (χ1) is 13.8. The summed E-state index contributed by atoms with van der Waals surface area (Å²) in [5.74, 6) is 0.608. The van der Waals surface area contributed by atoms with E-state index in [1.165, 1.54) is 11.3 Å². The highest BCUT2D eigenvalue weighted by Gasteiger charge is 2.27. The third kappa shape index (κ3) is 3.18. The van der Waals surface area contributed by atoms with Crippen molar-refractivity contribution in [1.29, 1.82) is 0 Å². The molecule has 1 aliphatic rings. The van der Waals surface area contributed by atoms with Gasteiger partial charge in [-0.1, -0.05) is 41.7 Å². The van der Waals surface area contributed by atoms with Gasteiger partial charge in [-0.3, -0.25) is 4.79 Å². The van der Waals surface area contributed by atoms with Gasteiger partial charge in [0.2, 0.25) is 11.9 Å². The topological polar surface area (TPSA) is 71.0 Å². The fourth-order valence-corrected chi connectivity index (χ4v) is 4.63. The molecule has 5 rings (SSSR count). The predicted octanol–water partition coefficient (Wildman–Crippen LogP) is 4.09. The zero-order valence-corrected chi connectivity index (χ0v) is 16.0. The lowest BCUT2D eigenvalue weighted by Gasteiger charge is -2.31. The number of anilines is 2. The van der Waals surface area contributed by atoms with E-state index in [2.05, 4.69) is 44.5 Å². The van der Waals surface area contributed by atoms with Gasteiger partial charge in [-0.05, 0) is 30.4 Å². The molecule has 2 aromatic heterocycles. The Morgan fingerprint density at radius 2 is 1.96 bits per heavy atom. The summed E-state index contributed by atoms with van der Waals surface area (Å²) in [6.07, 6.45) is 5.28. The first-order valence-corrected chi connectivity index (χ1v) is 10.2. The number of carbonyl (C=O) groups is 1. The molecule has 1 atom stereocenters. The molecule has 1 saturated heterocycles. The number of nitrogens with one attached hydrogen (secondary N) is 1. The quantitative estimate of drug-likeness (QED) is 0.571. The molecule has 2 aromatic carbocycles. The van der Waals surface area contributed by atoms with Gasteiger partial charge in [-0.2, -0.15) is 0 Å². The molecule has 0 saturated carbocycles. The van der Waals surface area contributed by atoms with E-state index in [-0.39, 0.29) is 11.8 Å². The Morgan fingerprint density at radius 1 is 1.11 bits per heavy atom. The van der Waals surface area contributed by atoms with Crippen molar-refractivity contribution in [3.8, 4) is 0 Å². The van der Waals surface area contributed by atoms with Crippen LogP contribution in [0.5, 0.6) is 0 Å². The summed E-state index contributed by atoms with van der Waals surface area (Å²) in [5, 5.41) is 5.96. The second-order valence-electron chi connectivity index (χ2n) is 6.98. The maximum Gasteiger partial charge on any atom is 0.231 e. The number of hydrogen-bond acceptors (Lipinski definition) is 6. The van der Waals surface area contributed by atoms with Crippen LogP contribution in [0, 0.1) is 5.92 Å². The minimum atomic E-state index is -0.0960. The monoisotopic (exact) mass is 389 g/mol. The van der Waals surface area contributed by atoms with E-state index >= 15 is 0 Å². The Kier molecular flexibility index (Phi) is 4.37. The molecular weight excluding hydrogens is 370 g/mol. The van der Waals surface area contributed by atoms with Gasteiger partial charge in [0.1, 0.15) is 0 Å². The van der Waals surface area contributed by atoms with E-state index in [1.807, 2.05) is 12.1 Å². The summed E-state index contributed by atoms with van der Waals surface area (Å²) in [6.45, 7) is 1.50. The third-order valence-electron chi connectivity index (χ3n) is 5.14. The van der Waals surface area contributed by atoms with Crippen LogP contribution in [-0.4, -0.2) is 33.9 Å². The summed E-state index contributed by atoms with van der Waals surface area (Å²) in [7, 11) is 0. The van der Waals surface area contributed by atoms with Crippen molar-refractivity contribution >= 4 is 49.3 Å². The Balaban J connectivity index is 1.35. The van der Waals surface area contributed by atoms with E-state index in [0.29, 0.717) is 17.6 Å². The molecule has 140 valence electrons. The highest BCUT2D eigenvalue weighted by Crippen LogP contribution is 2.32. The van der Waals surface area contributed by atoms with Gasteiger partial charge in [-0.15, -0.1) is 0 Å². The normalized spacial score (nSPS) is 17.1. The number of rotatable bonds is 3. The van der Waals surface area contributed by atoms with E-state index in [9.17, 15) is 4.79 Å². The van der Waals surface area contributed by atoms with E-state index in [0.717, 1.165) is 40.4 Å². The van der Waals surface area contributed by atoms with Crippen LogP contribution in [-0.2, 0) is 4.79 Å². The van der Waals surface area contributed by atoms with Crippen LogP contribution >= 0.6 is 11.3 Å². The SMILES string of the molecule is O=C(Nc1nc2c(ccc3ccccc32)s1)C1CCCN(c2ncccn2)C1. The number of piperidine rings is 1. The summed E-state index contributed by atoms with van der Waals surface area (Å²) in [5.41, 5.74) is 0.946.